The fourth-order valence-electron chi connectivity index (χ4n) is 2.26. The van der Waals surface area contributed by atoms with Crippen LogP contribution < -0.4 is 0 Å². The van der Waals surface area contributed by atoms with Gasteiger partial charge < -0.3 is 14.7 Å². The lowest BCUT2D eigenvalue weighted by Gasteiger charge is -2.22. The Labute approximate surface area is 125 Å². The molecule has 0 saturated carbocycles. The number of hydrogen-bond acceptors (Lipinski definition) is 3. The number of aliphatic hydroxyl groups excluding tert-OH is 1. The minimum absolute atomic E-state index is 0.0213. The molecule has 19 heavy (non-hydrogen) atoms. The van der Waals surface area contributed by atoms with Gasteiger partial charge in [0.25, 0.3) is 5.91 Å². The summed E-state index contributed by atoms with van der Waals surface area (Å²) < 4.78 is 6.01. The molecule has 1 aliphatic rings. The molecule has 1 aliphatic heterocycles. The van der Waals surface area contributed by atoms with Gasteiger partial charge in [0.05, 0.1) is 23.8 Å². The van der Waals surface area contributed by atoms with Gasteiger partial charge in [-0.15, -0.1) is 0 Å². The number of benzene rings is 1. The molecule has 1 aromatic rings. The molecule has 0 bridgehead atoms. The molecule has 1 amide bonds. The first-order valence-corrected chi connectivity index (χ1v) is 7.13. The van der Waals surface area contributed by atoms with Crippen molar-refractivity contribution in [3.8, 4) is 0 Å². The maximum atomic E-state index is 12.4. The van der Waals surface area contributed by atoms with Gasteiger partial charge in [-0.05, 0) is 40.5 Å². The number of rotatable bonds is 3. The maximum Gasteiger partial charge on any atom is 0.254 e. The average Bonchev–Trinajstić information content (AvgIpc) is 2.84. The summed E-state index contributed by atoms with van der Waals surface area (Å²) >= 11 is 9.29. The first kappa shape index (κ1) is 14.8. The monoisotopic (exact) mass is 347 g/mol. The summed E-state index contributed by atoms with van der Waals surface area (Å²) in [5.74, 6) is -0.131. The van der Waals surface area contributed by atoms with Crippen LogP contribution >= 0.6 is 27.5 Å². The zero-order chi connectivity index (χ0) is 14.0. The van der Waals surface area contributed by atoms with E-state index in [2.05, 4.69) is 15.9 Å². The number of hydrogen-bond donors (Lipinski definition) is 1. The fraction of sp³-hybridized carbons (Fsp3) is 0.462. The van der Waals surface area contributed by atoms with Gasteiger partial charge in [-0.1, -0.05) is 11.6 Å². The summed E-state index contributed by atoms with van der Waals surface area (Å²) in [4.78, 5) is 14.1. The van der Waals surface area contributed by atoms with Gasteiger partial charge in [-0.25, -0.2) is 0 Å². The van der Waals surface area contributed by atoms with Crippen molar-refractivity contribution in [1.29, 1.82) is 0 Å². The molecule has 0 spiro atoms. The number of methoxy groups -OCH3 is 1. The van der Waals surface area contributed by atoms with E-state index in [4.69, 9.17) is 16.3 Å². The first-order valence-electron chi connectivity index (χ1n) is 5.96. The van der Waals surface area contributed by atoms with E-state index < -0.39 is 0 Å². The Hall–Kier alpha value is -0.620. The molecule has 1 saturated heterocycles. The van der Waals surface area contributed by atoms with Crippen molar-refractivity contribution in [2.24, 2.45) is 0 Å². The van der Waals surface area contributed by atoms with Gasteiger partial charge in [-0.2, -0.15) is 0 Å². The van der Waals surface area contributed by atoms with Crippen molar-refractivity contribution in [2.75, 3.05) is 20.3 Å². The Morgan fingerprint density at radius 3 is 2.95 bits per heavy atom. The van der Waals surface area contributed by atoms with Crippen LogP contribution in [0, 0.1) is 0 Å². The molecule has 0 radical (unpaired) electrons. The van der Waals surface area contributed by atoms with Crippen LogP contribution in [0.4, 0.5) is 0 Å². The van der Waals surface area contributed by atoms with Crippen molar-refractivity contribution in [3.63, 3.8) is 0 Å². The molecular weight excluding hydrogens is 334 g/mol. The molecule has 4 nitrogen and oxygen atoms in total. The largest absolute Gasteiger partial charge is 0.394 e. The molecule has 1 aromatic carbocycles. The van der Waals surface area contributed by atoms with E-state index >= 15 is 0 Å². The standard InChI is InChI=1S/C13H15BrClNO3/c1-19-10-5-9(7-17)16(6-10)13(18)8-2-3-11(14)12(15)4-8/h2-4,9-10,17H,5-7H2,1H3/t9-,10-/m0/s1. The van der Waals surface area contributed by atoms with Gasteiger partial charge in [0.1, 0.15) is 0 Å². The molecule has 1 heterocycles. The molecule has 6 heteroatoms. The van der Waals surface area contributed by atoms with Crippen molar-refractivity contribution in [3.05, 3.63) is 33.3 Å². The lowest BCUT2D eigenvalue weighted by molar-refractivity contribution is 0.0648. The predicted molar refractivity (Wildman–Crippen MR) is 76.5 cm³/mol. The second-order valence-electron chi connectivity index (χ2n) is 4.52. The normalized spacial score (nSPS) is 22.8. The van der Waals surface area contributed by atoms with Crippen LogP contribution in [0.3, 0.4) is 0 Å². The minimum Gasteiger partial charge on any atom is -0.394 e. The summed E-state index contributed by atoms with van der Waals surface area (Å²) in [7, 11) is 1.61. The van der Waals surface area contributed by atoms with E-state index in [1.807, 2.05) is 0 Å². The summed E-state index contributed by atoms with van der Waals surface area (Å²) in [5.41, 5.74) is 0.517. The number of ether oxygens (including phenoxy) is 1. The van der Waals surface area contributed by atoms with Crippen molar-refractivity contribution in [2.45, 2.75) is 18.6 Å². The number of carbonyl (C=O) groups excluding carboxylic acids is 1. The second kappa shape index (κ2) is 6.22. The Morgan fingerprint density at radius 1 is 1.63 bits per heavy atom. The number of aliphatic hydroxyl groups is 1. The van der Waals surface area contributed by atoms with Gasteiger partial charge in [-0.3, -0.25) is 4.79 Å². The average molecular weight is 349 g/mol. The third kappa shape index (κ3) is 3.11. The molecule has 2 atom stereocenters. The molecule has 0 aromatic heterocycles. The molecule has 1 N–H and O–H groups in total. The molecular formula is C13H15BrClNO3. The predicted octanol–water partition coefficient (Wildman–Crippen LogP) is 2.32. The third-order valence-corrected chi connectivity index (χ3v) is 4.58. The van der Waals surface area contributed by atoms with E-state index in [1.165, 1.54) is 0 Å². The van der Waals surface area contributed by atoms with E-state index in [1.54, 1.807) is 30.2 Å². The summed E-state index contributed by atoms with van der Waals surface area (Å²) in [5, 5.41) is 9.86. The highest BCUT2D eigenvalue weighted by molar-refractivity contribution is 9.10. The minimum atomic E-state index is -0.195. The quantitative estimate of drug-likeness (QED) is 0.912. The number of halogens is 2. The SMILES string of the molecule is CO[C@H]1C[C@@H](CO)N(C(=O)c2ccc(Br)c(Cl)c2)C1. The smallest absolute Gasteiger partial charge is 0.254 e. The highest BCUT2D eigenvalue weighted by atomic mass is 79.9. The zero-order valence-corrected chi connectivity index (χ0v) is 12.8. The van der Waals surface area contributed by atoms with E-state index in [0.29, 0.717) is 23.6 Å². The lowest BCUT2D eigenvalue weighted by atomic mass is 10.1. The fourth-order valence-corrected chi connectivity index (χ4v) is 2.69. The van der Waals surface area contributed by atoms with Gasteiger partial charge in [0.2, 0.25) is 0 Å². The van der Waals surface area contributed by atoms with Crippen LogP contribution in [0.5, 0.6) is 0 Å². The third-order valence-electron chi connectivity index (χ3n) is 3.35. The van der Waals surface area contributed by atoms with Crippen molar-refractivity contribution >= 4 is 33.4 Å². The molecule has 0 aliphatic carbocycles. The Balaban J connectivity index is 2.20. The molecule has 104 valence electrons. The molecule has 2 rings (SSSR count). The number of carbonyl (C=O) groups is 1. The van der Waals surface area contributed by atoms with E-state index in [-0.39, 0.29) is 24.7 Å². The second-order valence-corrected chi connectivity index (χ2v) is 5.78. The Morgan fingerprint density at radius 2 is 2.37 bits per heavy atom. The van der Waals surface area contributed by atoms with Gasteiger partial charge >= 0.3 is 0 Å². The van der Waals surface area contributed by atoms with Crippen LogP contribution in [-0.4, -0.2) is 48.3 Å². The van der Waals surface area contributed by atoms with Crippen LogP contribution in [0.1, 0.15) is 16.8 Å². The number of likely N-dealkylation sites (tertiary alicyclic amines) is 1. The summed E-state index contributed by atoms with van der Waals surface area (Å²) in [6.07, 6.45) is 0.634. The van der Waals surface area contributed by atoms with Crippen molar-refractivity contribution in [1.82, 2.24) is 4.90 Å². The summed E-state index contributed by atoms with van der Waals surface area (Å²) in [6, 6.07) is 4.89. The molecule has 0 unspecified atom stereocenters. The summed E-state index contributed by atoms with van der Waals surface area (Å²) in [6.45, 7) is 0.435. The van der Waals surface area contributed by atoms with Crippen LogP contribution in [0.25, 0.3) is 0 Å². The first-order chi connectivity index (χ1) is 9.06. The van der Waals surface area contributed by atoms with Gasteiger partial charge in [0.15, 0.2) is 0 Å². The number of nitrogens with zero attached hydrogens (tertiary/aromatic N) is 1. The van der Waals surface area contributed by atoms with Crippen LogP contribution in [-0.2, 0) is 4.74 Å². The number of amides is 1. The zero-order valence-electron chi connectivity index (χ0n) is 10.5. The highest BCUT2D eigenvalue weighted by Gasteiger charge is 2.35. The van der Waals surface area contributed by atoms with E-state index in [9.17, 15) is 9.90 Å². The maximum absolute atomic E-state index is 12.4. The Bertz CT molecular complexity index is 483. The molecule has 1 fully saturated rings. The lowest BCUT2D eigenvalue weighted by Crippen LogP contribution is -2.38. The van der Waals surface area contributed by atoms with Crippen LogP contribution in [0.2, 0.25) is 5.02 Å². The van der Waals surface area contributed by atoms with Gasteiger partial charge in [0, 0.05) is 23.7 Å². The van der Waals surface area contributed by atoms with Crippen molar-refractivity contribution < 1.29 is 14.6 Å². The topological polar surface area (TPSA) is 49.8 Å². The van der Waals surface area contributed by atoms with E-state index in [0.717, 1.165) is 4.47 Å². The highest BCUT2D eigenvalue weighted by Crippen LogP contribution is 2.26. The Kier molecular flexibility index (Phi) is 4.84. The van der Waals surface area contributed by atoms with Crippen LogP contribution in [0.15, 0.2) is 22.7 Å².